The maximum absolute atomic E-state index is 12.6. The lowest BCUT2D eigenvalue weighted by Crippen LogP contribution is -2.12. The first-order valence-electron chi connectivity index (χ1n) is 9.60. The molecule has 2 aromatic carbocycles. The molecule has 0 unspecified atom stereocenters. The standard InChI is InChI=1S/C23H25N3O3S/c1-14(2)29-20-11-6-17(13-21(20)28-5)22(27)26-18-7-9-19(10-8-18)30-23-24-15(3)12-16(4)25-23/h6-14H,1-5H3,(H,26,27). The van der Waals surface area contributed by atoms with E-state index in [9.17, 15) is 4.79 Å². The molecular formula is C23H25N3O3S. The molecule has 3 rings (SSSR count). The molecule has 1 N–H and O–H groups in total. The second-order valence-corrected chi connectivity index (χ2v) is 8.09. The van der Waals surface area contributed by atoms with Crippen LogP contribution < -0.4 is 14.8 Å². The van der Waals surface area contributed by atoms with Crippen LogP contribution in [-0.2, 0) is 0 Å². The molecule has 1 heterocycles. The van der Waals surface area contributed by atoms with Gasteiger partial charge in [0.15, 0.2) is 16.7 Å². The number of carbonyl (C=O) groups is 1. The number of rotatable bonds is 7. The van der Waals surface area contributed by atoms with Crippen LogP contribution in [0, 0.1) is 13.8 Å². The molecule has 0 radical (unpaired) electrons. The van der Waals surface area contributed by atoms with E-state index in [2.05, 4.69) is 15.3 Å². The minimum atomic E-state index is -0.220. The summed E-state index contributed by atoms with van der Waals surface area (Å²) in [5.41, 5.74) is 3.07. The van der Waals surface area contributed by atoms with E-state index in [0.29, 0.717) is 27.9 Å². The Morgan fingerprint density at radius 1 is 0.967 bits per heavy atom. The molecule has 0 bridgehead atoms. The van der Waals surface area contributed by atoms with Gasteiger partial charge in [0.2, 0.25) is 0 Å². The highest BCUT2D eigenvalue weighted by molar-refractivity contribution is 7.99. The van der Waals surface area contributed by atoms with Gasteiger partial charge in [-0.3, -0.25) is 4.79 Å². The topological polar surface area (TPSA) is 73.3 Å². The molecule has 0 saturated carbocycles. The first-order valence-corrected chi connectivity index (χ1v) is 10.4. The van der Waals surface area contributed by atoms with Gasteiger partial charge in [0.05, 0.1) is 13.2 Å². The molecule has 0 spiro atoms. The predicted molar refractivity (Wildman–Crippen MR) is 119 cm³/mol. The van der Waals surface area contributed by atoms with Crippen LogP contribution in [0.3, 0.4) is 0 Å². The van der Waals surface area contributed by atoms with Crippen LogP contribution in [-0.4, -0.2) is 29.1 Å². The van der Waals surface area contributed by atoms with E-state index in [1.54, 1.807) is 25.3 Å². The first kappa shape index (κ1) is 21.6. The quantitative estimate of drug-likeness (QED) is 0.520. The molecule has 0 fully saturated rings. The first-order chi connectivity index (χ1) is 14.3. The number of anilines is 1. The summed E-state index contributed by atoms with van der Waals surface area (Å²) in [4.78, 5) is 22.5. The number of aromatic nitrogens is 2. The van der Waals surface area contributed by atoms with Crippen molar-refractivity contribution in [3.8, 4) is 11.5 Å². The number of aryl methyl sites for hydroxylation is 2. The molecular weight excluding hydrogens is 398 g/mol. The third kappa shape index (κ3) is 5.73. The molecule has 156 valence electrons. The van der Waals surface area contributed by atoms with Crippen molar-refractivity contribution in [2.75, 3.05) is 12.4 Å². The molecule has 30 heavy (non-hydrogen) atoms. The van der Waals surface area contributed by atoms with Crippen LogP contribution in [0.25, 0.3) is 0 Å². The summed E-state index contributed by atoms with van der Waals surface area (Å²) in [6.45, 7) is 7.78. The van der Waals surface area contributed by atoms with Crippen LogP contribution in [0.1, 0.15) is 35.6 Å². The third-order valence-electron chi connectivity index (χ3n) is 4.07. The molecule has 0 aliphatic carbocycles. The van der Waals surface area contributed by atoms with Gasteiger partial charge in [-0.15, -0.1) is 0 Å². The van der Waals surface area contributed by atoms with Gasteiger partial charge in [0.1, 0.15) is 0 Å². The molecule has 0 atom stereocenters. The maximum Gasteiger partial charge on any atom is 0.255 e. The highest BCUT2D eigenvalue weighted by Gasteiger charge is 2.13. The Bertz CT molecular complexity index is 1020. The van der Waals surface area contributed by atoms with Crippen LogP contribution >= 0.6 is 11.8 Å². The number of carbonyl (C=O) groups excluding carboxylic acids is 1. The van der Waals surface area contributed by atoms with Gasteiger partial charge in [0, 0.05) is 27.5 Å². The maximum atomic E-state index is 12.6. The second-order valence-electron chi connectivity index (χ2n) is 7.05. The van der Waals surface area contributed by atoms with Gasteiger partial charge < -0.3 is 14.8 Å². The van der Waals surface area contributed by atoms with Crippen molar-refractivity contribution >= 4 is 23.4 Å². The molecule has 6 nitrogen and oxygen atoms in total. The average molecular weight is 424 g/mol. The fourth-order valence-corrected chi connectivity index (χ4v) is 3.68. The van der Waals surface area contributed by atoms with Crippen molar-refractivity contribution in [3.63, 3.8) is 0 Å². The summed E-state index contributed by atoms with van der Waals surface area (Å²) in [6.07, 6.45) is 0.0177. The number of methoxy groups -OCH3 is 1. The molecule has 7 heteroatoms. The van der Waals surface area contributed by atoms with Gasteiger partial charge in [-0.05, 0) is 88.0 Å². The molecule has 1 amide bonds. The number of nitrogens with zero attached hydrogens (tertiary/aromatic N) is 2. The van der Waals surface area contributed by atoms with Crippen LogP contribution in [0.5, 0.6) is 11.5 Å². The van der Waals surface area contributed by atoms with E-state index < -0.39 is 0 Å². The fourth-order valence-electron chi connectivity index (χ4n) is 2.81. The van der Waals surface area contributed by atoms with Gasteiger partial charge in [-0.2, -0.15) is 0 Å². The summed E-state index contributed by atoms with van der Waals surface area (Å²) >= 11 is 1.49. The average Bonchev–Trinajstić information content (AvgIpc) is 2.68. The van der Waals surface area contributed by atoms with Gasteiger partial charge >= 0.3 is 0 Å². The lowest BCUT2D eigenvalue weighted by atomic mass is 10.1. The minimum Gasteiger partial charge on any atom is -0.493 e. The largest absolute Gasteiger partial charge is 0.493 e. The number of nitrogens with one attached hydrogen (secondary N) is 1. The molecule has 3 aromatic rings. The zero-order chi connectivity index (χ0) is 21.7. The summed E-state index contributed by atoms with van der Waals surface area (Å²) < 4.78 is 11.1. The van der Waals surface area contributed by atoms with E-state index in [0.717, 1.165) is 16.3 Å². The monoisotopic (exact) mass is 423 g/mol. The highest BCUT2D eigenvalue weighted by atomic mass is 32.2. The van der Waals surface area contributed by atoms with E-state index in [4.69, 9.17) is 9.47 Å². The molecule has 0 aliphatic heterocycles. The number of ether oxygens (including phenoxy) is 2. The number of hydrogen-bond acceptors (Lipinski definition) is 6. The molecule has 1 aromatic heterocycles. The van der Waals surface area contributed by atoms with Crippen LogP contribution in [0.2, 0.25) is 0 Å². The van der Waals surface area contributed by atoms with Crippen molar-refractivity contribution in [2.45, 2.75) is 43.9 Å². The third-order valence-corrected chi connectivity index (χ3v) is 4.94. The smallest absolute Gasteiger partial charge is 0.255 e. The highest BCUT2D eigenvalue weighted by Crippen LogP contribution is 2.30. The Kier molecular flexibility index (Phi) is 6.95. The van der Waals surface area contributed by atoms with Crippen molar-refractivity contribution in [2.24, 2.45) is 0 Å². The Hall–Kier alpha value is -3.06. The number of hydrogen-bond donors (Lipinski definition) is 1. The van der Waals surface area contributed by atoms with Crippen LogP contribution in [0.4, 0.5) is 5.69 Å². The number of benzene rings is 2. The SMILES string of the molecule is COc1cc(C(=O)Nc2ccc(Sc3nc(C)cc(C)n3)cc2)ccc1OC(C)C. The lowest BCUT2D eigenvalue weighted by Gasteiger charge is -2.14. The summed E-state index contributed by atoms with van der Waals surface area (Å²) in [5.74, 6) is 0.915. The Labute approximate surface area is 181 Å². The Morgan fingerprint density at radius 3 is 2.23 bits per heavy atom. The Balaban J connectivity index is 1.68. The van der Waals surface area contributed by atoms with E-state index in [-0.39, 0.29) is 12.0 Å². The normalized spacial score (nSPS) is 10.7. The fraction of sp³-hybridized carbons (Fsp3) is 0.261. The van der Waals surface area contributed by atoms with Gasteiger partial charge in [-0.25, -0.2) is 9.97 Å². The van der Waals surface area contributed by atoms with Crippen molar-refractivity contribution in [1.82, 2.24) is 9.97 Å². The van der Waals surface area contributed by atoms with E-state index in [1.165, 1.54) is 11.8 Å². The van der Waals surface area contributed by atoms with Crippen molar-refractivity contribution in [3.05, 3.63) is 65.5 Å². The lowest BCUT2D eigenvalue weighted by molar-refractivity contribution is 0.102. The second kappa shape index (κ2) is 9.63. The van der Waals surface area contributed by atoms with Gasteiger partial charge in [0.25, 0.3) is 5.91 Å². The summed E-state index contributed by atoms with van der Waals surface area (Å²) in [7, 11) is 1.56. The Morgan fingerprint density at radius 2 is 1.63 bits per heavy atom. The van der Waals surface area contributed by atoms with Gasteiger partial charge in [-0.1, -0.05) is 0 Å². The summed E-state index contributed by atoms with van der Waals surface area (Å²) in [6, 6.07) is 14.7. The summed E-state index contributed by atoms with van der Waals surface area (Å²) in [5, 5.41) is 3.61. The predicted octanol–water partition coefficient (Wildman–Crippen LogP) is 5.29. The number of amides is 1. The zero-order valence-corrected chi connectivity index (χ0v) is 18.5. The van der Waals surface area contributed by atoms with Crippen molar-refractivity contribution < 1.29 is 14.3 Å². The molecule has 0 saturated heterocycles. The van der Waals surface area contributed by atoms with Crippen molar-refractivity contribution in [1.29, 1.82) is 0 Å². The zero-order valence-electron chi connectivity index (χ0n) is 17.7. The van der Waals surface area contributed by atoms with E-state index >= 15 is 0 Å². The molecule has 0 aliphatic rings. The minimum absolute atomic E-state index is 0.0177. The van der Waals surface area contributed by atoms with E-state index in [1.807, 2.05) is 58.0 Å². The van der Waals surface area contributed by atoms with Crippen LogP contribution in [0.15, 0.2) is 58.6 Å².